The molecule has 0 bridgehead atoms. The zero-order chi connectivity index (χ0) is 27.0. The summed E-state index contributed by atoms with van der Waals surface area (Å²) < 4.78 is 47.2. The summed E-state index contributed by atoms with van der Waals surface area (Å²) in [5, 5.41) is 61.3. The number of hydrogen-bond donors (Lipinski definition) is 9. The molecule has 12 atom stereocenters. The molecule has 36 heavy (non-hydrogen) atoms. The van der Waals surface area contributed by atoms with Crippen LogP contribution >= 0.6 is 15.6 Å². The number of nitrogens with one attached hydrogen (secondary N) is 1. The molecule has 0 radical (unpaired) electrons. The molecule has 3 heterocycles. The molecular weight excluding hydrogens is 542 g/mol. The minimum Gasteiger partial charge on any atom is -0.387 e. The number of aldehydes is 1. The van der Waals surface area contributed by atoms with Gasteiger partial charge in [-0.1, -0.05) is 0 Å². The molecule has 0 aliphatic carbocycles. The van der Waals surface area contributed by atoms with Crippen molar-refractivity contribution in [3.8, 4) is 0 Å². The highest BCUT2D eigenvalue weighted by molar-refractivity contribution is 7.61. The molecule has 1 amide bonds. The lowest BCUT2D eigenvalue weighted by Crippen LogP contribution is -2.58. The summed E-state index contributed by atoms with van der Waals surface area (Å²) in [5.41, 5.74) is 0. The summed E-state index contributed by atoms with van der Waals surface area (Å²) in [6.07, 6.45) is -16.3. The van der Waals surface area contributed by atoms with Gasteiger partial charge >= 0.3 is 15.6 Å². The normalized spacial score (nSPS) is 42.4. The number of carbonyl (C=O) groups excluding carboxylic acids is 2. The van der Waals surface area contributed by atoms with Crippen LogP contribution in [0.4, 0.5) is 0 Å². The third-order valence-electron chi connectivity index (χ3n) is 5.17. The average Bonchev–Trinajstić information content (AvgIpc) is 3.06. The molecule has 2 fully saturated rings. The second-order valence-electron chi connectivity index (χ2n) is 7.69. The molecule has 19 nitrogen and oxygen atoms in total. The molecule has 206 valence electrons. The van der Waals surface area contributed by atoms with E-state index in [2.05, 4.69) is 18.7 Å². The van der Waals surface area contributed by atoms with Gasteiger partial charge in [-0.05, 0) is 0 Å². The van der Waals surface area contributed by atoms with Crippen LogP contribution in [0.3, 0.4) is 0 Å². The van der Waals surface area contributed by atoms with Crippen molar-refractivity contribution in [3.05, 3.63) is 12.3 Å². The minimum atomic E-state index is -5.62. The number of phosphoric ester groups is 2. The number of rotatable bonds is 9. The van der Waals surface area contributed by atoms with Gasteiger partial charge < -0.3 is 64.9 Å². The van der Waals surface area contributed by atoms with Crippen molar-refractivity contribution in [3.63, 3.8) is 0 Å². The Kier molecular flexibility index (Phi) is 9.05. The first-order valence-corrected chi connectivity index (χ1v) is 13.0. The van der Waals surface area contributed by atoms with Crippen molar-refractivity contribution < 1.29 is 82.0 Å². The minimum absolute atomic E-state index is 0.000531. The van der Waals surface area contributed by atoms with Crippen molar-refractivity contribution in [1.82, 2.24) is 10.2 Å². The van der Waals surface area contributed by atoms with Crippen LogP contribution in [0.5, 0.6) is 0 Å². The number of phosphoric acid groups is 2. The van der Waals surface area contributed by atoms with Gasteiger partial charge in [0.2, 0.25) is 12.3 Å². The largest absolute Gasteiger partial charge is 0.483 e. The number of ether oxygens (including phenoxy) is 2. The molecule has 2 saturated heterocycles. The second-order valence-corrected chi connectivity index (χ2v) is 10.7. The van der Waals surface area contributed by atoms with E-state index in [1.54, 1.807) is 0 Å². The summed E-state index contributed by atoms with van der Waals surface area (Å²) in [6, 6.07) is 0. The third-order valence-corrected chi connectivity index (χ3v) is 7.77. The summed E-state index contributed by atoms with van der Waals surface area (Å²) in [7, 11) is -11.1. The predicted molar refractivity (Wildman–Crippen MR) is 106 cm³/mol. The molecule has 0 aromatic heterocycles. The lowest BCUT2D eigenvalue weighted by atomic mass is 10.00. The Bertz CT molecular complexity index is 951. The molecule has 3 aliphatic heterocycles. The molecule has 3 aliphatic rings. The van der Waals surface area contributed by atoms with Crippen molar-refractivity contribution in [1.29, 1.82) is 0 Å². The molecule has 3 rings (SSSR count). The maximum absolute atomic E-state index is 12.1. The number of nitrogens with zero attached hydrogens (tertiary/aromatic N) is 1. The lowest BCUT2D eigenvalue weighted by Gasteiger charge is -2.38. The van der Waals surface area contributed by atoms with Crippen LogP contribution in [-0.4, -0.2) is 126 Å². The Morgan fingerprint density at radius 1 is 0.972 bits per heavy atom. The molecule has 21 heteroatoms. The fraction of sp³-hybridized carbons (Fsp3) is 0.733. The van der Waals surface area contributed by atoms with Crippen LogP contribution in [0.2, 0.25) is 0 Å². The van der Waals surface area contributed by atoms with E-state index in [1.807, 2.05) is 0 Å². The molecule has 0 aromatic carbocycles. The Balaban J connectivity index is 1.58. The fourth-order valence-corrected chi connectivity index (χ4v) is 5.53. The van der Waals surface area contributed by atoms with E-state index >= 15 is 0 Å². The Morgan fingerprint density at radius 3 is 2.25 bits per heavy atom. The van der Waals surface area contributed by atoms with Gasteiger partial charge in [-0.25, -0.2) is 9.13 Å². The zero-order valence-electron chi connectivity index (χ0n) is 17.8. The van der Waals surface area contributed by atoms with Crippen LogP contribution < -0.4 is 5.32 Å². The van der Waals surface area contributed by atoms with Gasteiger partial charge in [0.15, 0.2) is 18.8 Å². The van der Waals surface area contributed by atoms with Gasteiger partial charge in [-0.15, -0.1) is 0 Å². The van der Waals surface area contributed by atoms with Crippen LogP contribution in [0, 0.1) is 0 Å². The maximum Gasteiger partial charge on any atom is 0.483 e. The first-order valence-electron chi connectivity index (χ1n) is 9.96. The van der Waals surface area contributed by atoms with Crippen molar-refractivity contribution in [2.45, 2.75) is 61.6 Å². The standard InChI is InChI=1S/C15H24N2O17P2/c18-3-5-8(20)10(22)12(24)14(32-5)33-36(28,29)34-35(26,27)30-4-6-9(21)11(23)13(31-6)17-2-1-7(19)16-15(17)25/h1-3,5-6,8-15,20-25H,4H2,(H,16,19)(H,26,27)(H,28,29)/t5-,6-,8-,9-,10+,11-,12-,13-,14-,15+/m1/s1. The smallest absolute Gasteiger partial charge is 0.387 e. The van der Waals surface area contributed by atoms with Crippen molar-refractivity contribution >= 4 is 27.8 Å². The number of aliphatic hydroxyl groups is 6. The summed E-state index contributed by atoms with van der Waals surface area (Å²) >= 11 is 0. The first-order chi connectivity index (χ1) is 16.7. The fourth-order valence-electron chi connectivity index (χ4n) is 3.37. The third kappa shape index (κ3) is 6.54. The molecule has 9 N–H and O–H groups in total. The Morgan fingerprint density at radius 2 is 1.64 bits per heavy atom. The van der Waals surface area contributed by atoms with Crippen LogP contribution in [-0.2, 0) is 41.6 Å². The highest BCUT2D eigenvalue weighted by atomic mass is 31.3. The van der Waals surface area contributed by atoms with Crippen molar-refractivity contribution in [2.75, 3.05) is 6.61 Å². The topological polar surface area (TPSA) is 292 Å². The predicted octanol–water partition coefficient (Wildman–Crippen LogP) is -5.09. The van der Waals surface area contributed by atoms with Gasteiger partial charge in [-0.2, -0.15) is 4.31 Å². The van der Waals surface area contributed by atoms with E-state index in [-0.39, 0.29) is 6.29 Å². The SMILES string of the molecule is O=C[C@H]1O[C@H](OP(=O)(O)OP(=O)(O)OC[C@H]2O[C@@H](N3C=CC(=O)N[C@@H]3O)[C@H](O)[C@@H]2O)[C@H](O)[C@@H](O)[C@@H]1O. The molecule has 0 spiro atoms. The Labute approximate surface area is 201 Å². The van der Waals surface area contributed by atoms with E-state index in [1.165, 1.54) is 0 Å². The number of carbonyl (C=O) groups is 2. The molecular formula is C15H24N2O17P2. The van der Waals surface area contributed by atoms with Crippen LogP contribution in [0.1, 0.15) is 0 Å². The van der Waals surface area contributed by atoms with Gasteiger partial charge in [0.25, 0.3) is 0 Å². The van der Waals surface area contributed by atoms with E-state index in [4.69, 9.17) is 9.47 Å². The van der Waals surface area contributed by atoms with Crippen LogP contribution in [0.15, 0.2) is 12.3 Å². The second kappa shape index (κ2) is 11.2. The summed E-state index contributed by atoms with van der Waals surface area (Å²) in [4.78, 5) is 42.6. The molecule has 0 saturated carbocycles. The van der Waals surface area contributed by atoms with E-state index in [0.717, 1.165) is 17.2 Å². The van der Waals surface area contributed by atoms with E-state index in [9.17, 15) is 59.1 Å². The monoisotopic (exact) mass is 566 g/mol. The van der Waals surface area contributed by atoms with Gasteiger partial charge in [0.1, 0.15) is 42.7 Å². The maximum atomic E-state index is 12.1. The van der Waals surface area contributed by atoms with Crippen LogP contribution in [0.25, 0.3) is 0 Å². The lowest BCUT2D eigenvalue weighted by molar-refractivity contribution is -0.266. The van der Waals surface area contributed by atoms with Gasteiger partial charge in [0.05, 0.1) is 6.61 Å². The summed E-state index contributed by atoms with van der Waals surface area (Å²) in [5.74, 6) is -0.654. The summed E-state index contributed by atoms with van der Waals surface area (Å²) in [6.45, 7) is -1.01. The van der Waals surface area contributed by atoms with Crippen molar-refractivity contribution in [2.24, 2.45) is 0 Å². The van der Waals surface area contributed by atoms with Gasteiger partial charge in [-0.3, -0.25) is 13.8 Å². The number of aliphatic hydroxyl groups excluding tert-OH is 6. The van der Waals surface area contributed by atoms with Gasteiger partial charge in [0, 0.05) is 12.3 Å². The average molecular weight is 566 g/mol. The Hall–Kier alpha value is -1.38. The quantitative estimate of drug-likeness (QED) is 0.0931. The number of amides is 1. The highest BCUT2D eigenvalue weighted by Crippen LogP contribution is 2.61. The zero-order valence-corrected chi connectivity index (χ0v) is 19.6. The first kappa shape index (κ1) is 29.2. The molecule has 0 aromatic rings. The van der Waals surface area contributed by atoms with E-state index < -0.39 is 89.8 Å². The molecule has 2 unspecified atom stereocenters. The highest BCUT2D eigenvalue weighted by Gasteiger charge is 2.50. The number of hydrogen-bond acceptors (Lipinski definition) is 16. The van der Waals surface area contributed by atoms with E-state index in [0.29, 0.717) is 0 Å².